The molecule has 26 heavy (non-hydrogen) atoms. The number of benzene rings is 3. The second-order valence-electron chi connectivity index (χ2n) is 6.54. The molecule has 0 amide bonds. The van der Waals surface area contributed by atoms with Gasteiger partial charge in [-0.1, -0.05) is 84.9 Å². The SMILES string of the molecule is O=C1C=Cc2ccccc2/C1=C/C=C1c2ccccc2-c2ccccc21. The van der Waals surface area contributed by atoms with E-state index in [1.165, 1.54) is 27.8 Å². The summed E-state index contributed by atoms with van der Waals surface area (Å²) in [6.07, 6.45) is 7.61. The lowest BCUT2D eigenvalue weighted by Crippen LogP contribution is -2.04. The highest BCUT2D eigenvalue weighted by Gasteiger charge is 2.22. The monoisotopic (exact) mass is 332 g/mol. The standard InChI is InChI=1S/C25H16O/c26-25-16-13-17-7-1-2-8-18(17)24(25)15-14-23-21-11-5-3-9-19(21)20-10-4-6-12-22(20)23/h1-16H/b24-15-. The fraction of sp³-hybridized carbons (Fsp3) is 0. The fourth-order valence-electron chi connectivity index (χ4n) is 3.84. The van der Waals surface area contributed by atoms with E-state index in [9.17, 15) is 4.79 Å². The Morgan fingerprint density at radius 2 is 1.00 bits per heavy atom. The van der Waals surface area contributed by atoms with Gasteiger partial charge in [-0.2, -0.15) is 0 Å². The summed E-state index contributed by atoms with van der Waals surface area (Å²) in [6.45, 7) is 0. The van der Waals surface area contributed by atoms with Gasteiger partial charge < -0.3 is 0 Å². The molecule has 3 aromatic rings. The van der Waals surface area contributed by atoms with Crippen LogP contribution in [0.3, 0.4) is 0 Å². The first kappa shape index (κ1) is 14.9. The fourth-order valence-corrected chi connectivity index (χ4v) is 3.84. The van der Waals surface area contributed by atoms with E-state index in [2.05, 4.69) is 54.6 Å². The lowest BCUT2D eigenvalue weighted by atomic mass is 9.90. The maximum Gasteiger partial charge on any atom is 0.186 e. The summed E-state index contributed by atoms with van der Waals surface area (Å²) in [6, 6.07) is 24.9. The average Bonchev–Trinajstić information content (AvgIpc) is 3.01. The van der Waals surface area contributed by atoms with Crippen LogP contribution in [0.15, 0.2) is 91.0 Å². The van der Waals surface area contributed by atoms with Crippen LogP contribution < -0.4 is 0 Å². The van der Waals surface area contributed by atoms with E-state index in [1.54, 1.807) is 6.08 Å². The minimum Gasteiger partial charge on any atom is -0.289 e. The van der Waals surface area contributed by atoms with Crippen molar-refractivity contribution in [3.05, 3.63) is 113 Å². The average molecular weight is 332 g/mol. The summed E-state index contributed by atoms with van der Waals surface area (Å²) in [5.41, 5.74) is 8.95. The maximum absolute atomic E-state index is 12.5. The summed E-state index contributed by atoms with van der Waals surface area (Å²) in [5.74, 6) is 0.0557. The number of ketones is 1. The predicted molar refractivity (Wildman–Crippen MR) is 107 cm³/mol. The highest BCUT2D eigenvalue weighted by molar-refractivity contribution is 6.30. The number of carbonyl (C=O) groups excluding carboxylic acids is 1. The van der Waals surface area contributed by atoms with Crippen LogP contribution in [0.2, 0.25) is 0 Å². The molecule has 5 rings (SSSR count). The first-order chi connectivity index (χ1) is 12.8. The predicted octanol–water partition coefficient (Wildman–Crippen LogP) is 5.78. The van der Waals surface area contributed by atoms with Crippen molar-refractivity contribution >= 4 is 23.0 Å². The summed E-state index contributed by atoms with van der Waals surface area (Å²) in [7, 11) is 0. The van der Waals surface area contributed by atoms with Gasteiger partial charge in [0.1, 0.15) is 0 Å². The minimum atomic E-state index is 0.0557. The summed E-state index contributed by atoms with van der Waals surface area (Å²) in [4.78, 5) is 12.5. The van der Waals surface area contributed by atoms with Gasteiger partial charge in [0.05, 0.1) is 0 Å². The van der Waals surface area contributed by atoms with Crippen molar-refractivity contribution in [3.63, 3.8) is 0 Å². The molecule has 2 aliphatic rings. The van der Waals surface area contributed by atoms with Crippen LogP contribution in [0.4, 0.5) is 0 Å². The molecule has 0 aliphatic heterocycles. The molecule has 0 radical (unpaired) electrons. The van der Waals surface area contributed by atoms with Crippen LogP contribution in [0.25, 0.3) is 28.3 Å². The Hall–Kier alpha value is -3.45. The van der Waals surface area contributed by atoms with Crippen molar-refractivity contribution in [1.29, 1.82) is 0 Å². The van der Waals surface area contributed by atoms with Crippen molar-refractivity contribution in [1.82, 2.24) is 0 Å². The van der Waals surface area contributed by atoms with Gasteiger partial charge in [-0.25, -0.2) is 0 Å². The van der Waals surface area contributed by atoms with Crippen LogP contribution in [-0.4, -0.2) is 5.78 Å². The van der Waals surface area contributed by atoms with E-state index >= 15 is 0 Å². The number of fused-ring (bicyclic) bond motifs is 4. The van der Waals surface area contributed by atoms with Gasteiger partial charge >= 0.3 is 0 Å². The second-order valence-corrected chi connectivity index (χ2v) is 6.54. The lowest BCUT2D eigenvalue weighted by Gasteiger charge is -2.12. The summed E-state index contributed by atoms with van der Waals surface area (Å²) in [5, 5.41) is 0. The molecular formula is C25H16O. The lowest BCUT2D eigenvalue weighted by molar-refractivity contribution is -0.109. The van der Waals surface area contributed by atoms with E-state index in [-0.39, 0.29) is 5.78 Å². The van der Waals surface area contributed by atoms with Gasteiger partial charge in [0.2, 0.25) is 0 Å². The largest absolute Gasteiger partial charge is 0.289 e. The Morgan fingerprint density at radius 3 is 1.65 bits per heavy atom. The molecule has 122 valence electrons. The Labute approximate surface area is 152 Å². The van der Waals surface area contributed by atoms with Crippen molar-refractivity contribution in [3.8, 4) is 11.1 Å². The van der Waals surface area contributed by atoms with Crippen LogP contribution in [0.1, 0.15) is 22.3 Å². The number of carbonyl (C=O) groups is 1. The highest BCUT2D eigenvalue weighted by Crippen LogP contribution is 2.44. The third-order valence-corrected chi connectivity index (χ3v) is 5.07. The zero-order valence-corrected chi connectivity index (χ0v) is 14.1. The second kappa shape index (κ2) is 5.82. The molecule has 2 aliphatic carbocycles. The van der Waals surface area contributed by atoms with Gasteiger partial charge in [0.25, 0.3) is 0 Å². The van der Waals surface area contributed by atoms with Crippen molar-refractivity contribution in [2.75, 3.05) is 0 Å². The first-order valence-corrected chi connectivity index (χ1v) is 8.76. The van der Waals surface area contributed by atoms with Crippen molar-refractivity contribution in [2.45, 2.75) is 0 Å². The Balaban J connectivity index is 1.69. The number of hydrogen-bond acceptors (Lipinski definition) is 1. The number of allylic oxidation sites excluding steroid dienone is 4. The molecule has 3 aromatic carbocycles. The highest BCUT2D eigenvalue weighted by atomic mass is 16.1. The molecule has 0 saturated heterocycles. The van der Waals surface area contributed by atoms with Crippen LogP contribution >= 0.6 is 0 Å². The van der Waals surface area contributed by atoms with E-state index < -0.39 is 0 Å². The topological polar surface area (TPSA) is 17.1 Å². The smallest absolute Gasteiger partial charge is 0.186 e. The Bertz CT molecular complexity index is 1090. The quantitative estimate of drug-likeness (QED) is 0.404. The minimum absolute atomic E-state index is 0.0557. The van der Waals surface area contributed by atoms with Crippen LogP contribution in [0.5, 0.6) is 0 Å². The normalized spacial score (nSPS) is 15.6. The summed E-state index contributed by atoms with van der Waals surface area (Å²) >= 11 is 0. The van der Waals surface area contributed by atoms with Gasteiger partial charge in [0, 0.05) is 5.57 Å². The Morgan fingerprint density at radius 1 is 0.500 bits per heavy atom. The van der Waals surface area contributed by atoms with Gasteiger partial charge in [-0.05, 0) is 51.1 Å². The van der Waals surface area contributed by atoms with Gasteiger partial charge in [0.15, 0.2) is 5.78 Å². The molecule has 1 nitrogen and oxygen atoms in total. The molecule has 0 heterocycles. The molecule has 0 fully saturated rings. The molecule has 0 atom stereocenters. The first-order valence-electron chi connectivity index (χ1n) is 8.76. The van der Waals surface area contributed by atoms with E-state index in [4.69, 9.17) is 0 Å². The zero-order valence-electron chi connectivity index (χ0n) is 14.1. The number of rotatable bonds is 1. The molecule has 1 heteroatoms. The molecule has 0 unspecified atom stereocenters. The van der Waals surface area contributed by atoms with Crippen molar-refractivity contribution < 1.29 is 4.79 Å². The third-order valence-electron chi connectivity index (χ3n) is 5.07. The van der Waals surface area contributed by atoms with Gasteiger partial charge in [-0.15, -0.1) is 0 Å². The van der Waals surface area contributed by atoms with Crippen LogP contribution in [0, 0.1) is 0 Å². The maximum atomic E-state index is 12.5. The molecule has 0 aromatic heterocycles. The summed E-state index contributed by atoms with van der Waals surface area (Å²) < 4.78 is 0. The molecular weight excluding hydrogens is 316 g/mol. The zero-order chi connectivity index (χ0) is 17.5. The third kappa shape index (κ3) is 2.21. The molecule has 0 spiro atoms. The van der Waals surface area contributed by atoms with Gasteiger partial charge in [-0.3, -0.25) is 4.79 Å². The van der Waals surface area contributed by atoms with E-state index in [0.29, 0.717) is 0 Å². The van der Waals surface area contributed by atoms with E-state index in [1.807, 2.05) is 36.4 Å². The molecule has 0 bridgehead atoms. The van der Waals surface area contributed by atoms with Crippen molar-refractivity contribution in [2.24, 2.45) is 0 Å². The Kier molecular flexibility index (Phi) is 3.32. The van der Waals surface area contributed by atoms with E-state index in [0.717, 1.165) is 16.7 Å². The van der Waals surface area contributed by atoms with Crippen LogP contribution in [-0.2, 0) is 4.79 Å². The molecule has 0 saturated carbocycles. The number of hydrogen-bond donors (Lipinski definition) is 0. The molecule has 0 N–H and O–H groups in total.